The molecule has 0 aromatic heterocycles. The molecule has 1 atom stereocenters. The SMILES string of the molecule is CC(=O)N1CCC(NC(=O)N(c2ccccc2)c2ccccc2)C1. The standard InChI is InChI=1S/C19H21N3O2/c1-15(23)21-13-12-16(14-21)20-19(24)22(17-8-4-2-5-9-17)18-10-6-3-7-11-18/h2-11,16H,12-14H2,1H3,(H,20,24). The van der Waals surface area contributed by atoms with E-state index in [1.807, 2.05) is 60.7 Å². The number of carbonyl (C=O) groups excluding carboxylic acids is 2. The molecule has 1 unspecified atom stereocenters. The smallest absolute Gasteiger partial charge is 0.326 e. The summed E-state index contributed by atoms with van der Waals surface area (Å²) in [4.78, 5) is 27.8. The normalized spacial score (nSPS) is 16.7. The molecule has 1 fully saturated rings. The van der Waals surface area contributed by atoms with E-state index in [0.29, 0.717) is 13.1 Å². The molecule has 0 radical (unpaired) electrons. The number of para-hydroxylation sites is 2. The second kappa shape index (κ2) is 7.17. The zero-order valence-electron chi connectivity index (χ0n) is 13.7. The Morgan fingerprint density at radius 2 is 1.54 bits per heavy atom. The monoisotopic (exact) mass is 323 g/mol. The molecule has 1 saturated heterocycles. The van der Waals surface area contributed by atoms with Crippen molar-refractivity contribution in [2.45, 2.75) is 19.4 Å². The van der Waals surface area contributed by atoms with Gasteiger partial charge in [0.1, 0.15) is 0 Å². The molecule has 5 heteroatoms. The number of nitrogens with one attached hydrogen (secondary N) is 1. The van der Waals surface area contributed by atoms with Crippen LogP contribution in [0.2, 0.25) is 0 Å². The molecular formula is C19H21N3O2. The van der Waals surface area contributed by atoms with Gasteiger partial charge in [-0.3, -0.25) is 9.69 Å². The van der Waals surface area contributed by atoms with Crippen molar-refractivity contribution in [2.24, 2.45) is 0 Å². The summed E-state index contributed by atoms with van der Waals surface area (Å²) in [6.45, 7) is 2.82. The number of benzene rings is 2. The highest BCUT2D eigenvalue weighted by atomic mass is 16.2. The Hall–Kier alpha value is -2.82. The van der Waals surface area contributed by atoms with Crippen LogP contribution in [0.5, 0.6) is 0 Å². The maximum Gasteiger partial charge on any atom is 0.326 e. The molecule has 0 aliphatic carbocycles. The van der Waals surface area contributed by atoms with Crippen LogP contribution >= 0.6 is 0 Å². The van der Waals surface area contributed by atoms with E-state index in [1.54, 1.807) is 16.7 Å². The Balaban J connectivity index is 1.79. The van der Waals surface area contributed by atoms with E-state index in [9.17, 15) is 9.59 Å². The van der Waals surface area contributed by atoms with Crippen LogP contribution in [0.25, 0.3) is 0 Å². The molecule has 3 amide bonds. The summed E-state index contributed by atoms with van der Waals surface area (Å²) in [5, 5.41) is 3.05. The Morgan fingerprint density at radius 1 is 1.00 bits per heavy atom. The van der Waals surface area contributed by atoms with Gasteiger partial charge in [-0.1, -0.05) is 36.4 Å². The minimum atomic E-state index is -0.178. The second-order valence-corrected chi connectivity index (χ2v) is 5.91. The van der Waals surface area contributed by atoms with Gasteiger partial charge in [0, 0.05) is 26.1 Å². The first kappa shape index (κ1) is 16.1. The van der Waals surface area contributed by atoms with Crippen LogP contribution in [0.4, 0.5) is 16.2 Å². The summed E-state index contributed by atoms with van der Waals surface area (Å²) in [6, 6.07) is 18.9. The van der Waals surface area contributed by atoms with Crippen LogP contribution in [0.3, 0.4) is 0 Å². The van der Waals surface area contributed by atoms with E-state index < -0.39 is 0 Å². The molecular weight excluding hydrogens is 302 g/mol. The van der Waals surface area contributed by atoms with Gasteiger partial charge in [-0.15, -0.1) is 0 Å². The van der Waals surface area contributed by atoms with Crippen molar-refractivity contribution in [2.75, 3.05) is 18.0 Å². The van der Waals surface area contributed by atoms with Gasteiger partial charge >= 0.3 is 6.03 Å². The molecule has 0 saturated carbocycles. The van der Waals surface area contributed by atoms with E-state index >= 15 is 0 Å². The zero-order valence-corrected chi connectivity index (χ0v) is 13.7. The summed E-state index contributed by atoms with van der Waals surface area (Å²) in [5.74, 6) is 0.0507. The first-order valence-corrected chi connectivity index (χ1v) is 8.11. The highest BCUT2D eigenvalue weighted by Crippen LogP contribution is 2.25. The third-order valence-electron chi connectivity index (χ3n) is 4.19. The van der Waals surface area contributed by atoms with Gasteiger partial charge < -0.3 is 10.2 Å². The lowest BCUT2D eigenvalue weighted by Crippen LogP contribution is -2.44. The Kier molecular flexibility index (Phi) is 4.79. The molecule has 3 rings (SSSR count). The van der Waals surface area contributed by atoms with Crippen LogP contribution in [0.15, 0.2) is 60.7 Å². The number of urea groups is 1. The second-order valence-electron chi connectivity index (χ2n) is 5.91. The molecule has 1 aliphatic rings. The minimum Gasteiger partial charge on any atom is -0.341 e. The van der Waals surface area contributed by atoms with Crippen molar-refractivity contribution in [1.29, 1.82) is 0 Å². The number of carbonyl (C=O) groups is 2. The van der Waals surface area contributed by atoms with Gasteiger partial charge in [-0.25, -0.2) is 4.79 Å². The molecule has 1 N–H and O–H groups in total. The predicted octanol–water partition coefficient (Wildman–Crippen LogP) is 3.16. The summed E-state index contributed by atoms with van der Waals surface area (Å²) < 4.78 is 0. The third kappa shape index (κ3) is 3.56. The largest absolute Gasteiger partial charge is 0.341 e. The zero-order chi connectivity index (χ0) is 16.9. The molecule has 0 spiro atoms. The van der Waals surface area contributed by atoms with Crippen molar-refractivity contribution in [3.05, 3.63) is 60.7 Å². The quantitative estimate of drug-likeness (QED) is 0.943. The molecule has 2 aromatic carbocycles. The summed E-state index contributed by atoms with van der Waals surface area (Å²) in [5.41, 5.74) is 1.62. The number of hydrogen-bond donors (Lipinski definition) is 1. The topological polar surface area (TPSA) is 52.7 Å². The van der Waals surface area contributed by atoms with Gasteiger partial charge in [-0.05, 0) is 30.7 Å². The highest BCUT2D eigenvalue weighted by molar-refractivity contribution is 5.99. The molecule has 0 bridgehead atoms. The van der Waals surface area contributed by atoms with Gasteiger partial charge in [-0.2, -0.15) is 0 Å². The summed E-state index contributed by atoms with van der Waals surface area (Å²) in [7, 11) is 0. The lowest BCUT2D eigenvalue weighted by molar-refractivity contribution is -0.127. The molecule has 2 aromatic rings. The lowest BCUT2D eigenvalue weighted by atomic mass is 10.2. The number of likely N-dealkylation sites (tertiary alicyclic amines) is 1. The van der Waals surface area contributed by atoms with Crippen molar-refractivity contribution in [3.8, 4) is 0 Å². The Morgan fingerprint density at radius 3 is 2.00 bits per heavy atom. The van der Waals surface area contributed by atoms with E-state index in [-0.39, 0.29) is 18.0 Å². The molecule has 24 heavy (non-hydrogen) atoms. The average molecular weight is 323 g/mol. The maximum atomic E-state index is 12.9. The third-order valence-corrected chi connectivity index (χ3v) is 4.19. The predicted molar refractivity (Wildman–Crippen MR) is 94.2 cm³/mol. The van der Waals surface area contributed by atoms with E-state index in [2.05, 4.69) is 5.32 Å². The van der Waals surface area contributed by atoms with Crippen LogP contribution < -0.4 is 10.2 Å². The van der Waals surface area contributed by atoms with Crippen LogP contribution in [0, 0.1) is 0 Å². The summed E-state index contributed by atoms with van der Waals surface area (Å²) in [6.07, 6.45) is 0.780. The maximum absolute atomic E-state index is 12.9. The van der Waals surface area contributed by atoms with E-state index in [0.717, 1.165) is 17.8 Å². The lowest BCUT2D eigenvalue weighted by Gasteiger charge is -2.25. The molecule has 5 nitrogen and oxygen atoms in total. The Bertz CT molecular complexity index is 664. The number of nitrogens with zero attached hydrogens (tertiary/aromatic N) is 2. The van der Waals surface area contributed by atoms with E-state index in [4.69, 9.17) is 0 Å². The first-order chi connectivity index (χ1) is 11.6. The summed E-state index contributed by atoms with van der Waals surface area (Å²) >= 11 is 0. The van der Waals surface area contributed by atoms with Crippen molar-refractivity contribution >= 4 is 23.3 Å². The fraction of sp³-hybridized carbons (Fsp3) is 0.263. The van der Waals surface area contributed by atoms with Gasteiger partial charge in [0.15, 0.2) is 0 Å². The molecule has 124 valence electrons. The number of hydrogen-bond acceptors (Lipinski definition) is 2. The molecule has 1 heterocycles. The van der Waals surface area contributed by atoms with Crippen molar-refractivity contribution in [1.82, 2.24) is 10.2 Å². The first-order valence-electron chi connectivity index (χ1n) is 8.11. The minimum absolute atomic E-state index is 0.0173. The highest BCUT2D eigenvalue weighted by Gasteiger charge is 2.27. The van der Waals surface area contributed by atoms with Crippen LogP contribution in [0.1, 0.15) is 13.3 Å². The van der Waals surface area contributed by atoms with Gasteiger partial charge in [0.25, 0.3) is 0 Å². The fourth-order valence-electron chi connectivity index (χ4n) is 2.94. The number of anilines is 2. The van der Waals surface area contributed by atoms with E-state index in [1.165, 1.54) is 0 Å². The van der Waals surface area contributed by atoms with Crippen LogP contribution in [-0.4, -0.2) is 36.0 Å². The van der Waals surface area contributed by atoms with Gasteiger partial charge in [0.05, 0.1) is 11.4 Å². The van der Waals surface area contributed by atoms with Gasteiger partial charge in [0.2, 0.25) is 5.91 Å². The number of rotatable bonds is 3. The van der Waals surface area contributed by atoms with Crippen LogP contribution in [-0.2, 0) is 4.79 Å². The number of amides is 3. The fourth-order valence-corrected chi connectivity index (χ4v) is 2.94. The molecule has 1 aliphatic heterocycles. The van der Waals surface area contributed by atoms with Crippen molar-refractivity contribution in [3.63, 3.8) is 0 Å². The van der Waals surface area contributed by atoms with Crippen molar-refractivity contribution < 1.29 is 9.59 Å². The average Bonchev–Trinajstić information content (AvgIpc) is 3.06. The Labute approximate surface area is 141 Å².